The van der Waals surface area contributed by atoms with Gasteiger partial charge in [-0.2, -0.15) is 4.98 Å². The van der Waals surface area contributed by atoms with Gasteiger partial charge in [-0.3, -0.25) is 0 Å². The summed E-state index contributed by atoms with van der Waals surface area (Å²) < 4.78 is 5.53. The van der Waals surface area contributed by atoms with Crippen LogP contribution in [0.15, 0.2) is 71.3 Å². The van der Waals surface area contributed by atoms with Gasteiger partial charge in [-0.15, -0.1) is 0 Å². The molecule has 0 radical (unpaired) electrons. The highest BCUT2D eigenvalue weighted by atomic mass is 16.5. The summed E-state index contributed by atoms with van der Waals surface area (Å²) in [6.07, 6.45) is 0.855. The number of aryl methyl sites for hydroxylation is 1. The van der Waals surface area contributed by atoms with E-state index in [1.807, 2.05) is 12.1 Å². The smallest absolute Gasteiger partial charge is 0.245 e. The minimum Gasteiger partial charge on any atom is -0.337 e. The zero-order valence-electron chi connectivity index (χ0n) is 15.0. The SMILES string of the molecule is Cc1cccc(-c2noc(C3CC(c4ccc5ccccc5c4)NN3)n2)c1. The van der Waals surface area contributed by atoms with Crippen molar-refractivity contribution in [1.29, 1.82) is 0 Å². The molecule has 0 aliphatic carbocycles. The quantitative estimate of drug-likeness (QED) is 0.567. The Kier molecular flexibility index (Phi) is 3.96. The molecule has 1 aromatic heterocycles. The zero-order chi connectivity index (χ0) is 18.2. The van der Waals surface area contributed by atoms with E-state index < -0.39 is 0 Å². The van der Waals surface area contributed by atoms with E-state index in [1.54, 1.807) is 0 Å². The van der Waals surface area contributed by atoms with E-state index in [2.05, 4.69) is 82.5 Å². The lowest BCUT2D eigenvalue weighted by Gasteiger charge is -2.10. The van der Waals surface area contributed by atoms with Crippen LogP contribution >= 0.6 is 0 Å². The Morgan fingerprint density at radius 1 is 0.889 bits per heavy atom. The van der Waals surface area contributed by atoms with Gasteiger partial charge in [0.1, 0.15) is 6.04 Å². The van der Waals surface area contributed by atoms with Crippen molar-refractivity contribution >= 4 is 10.8 Å². The standard InChI is InChI=1S/C22H20N4O/c1-14-5-4-8-18(11-14)21-23-22(27-26-21)20-13-19(24-25-20)17-10-9-15-6-2-3-7-16(15)12-17/h2-12,19-20,24-25H,13H2,1H3. The first-order valence-corrected chi connectivity index (χ1v) is 9.17. The molecule has 5 heteroatoms. The molecule has 5 nitrogen and oxygen atoms in total. The summed E-state index contributed by atoms with van der Waals surface area (Å²) in [6, 6.07) is 23.3. The third-order valence-electron chi connectivity index (χ3n) is 5.10. The van der Waals surface area contributed by atoms with Gasteiger partial charge in [0.15, 0.2) is 0 Å². The van der Waals surface area contributed by atoms with Crippen LogP contribution in [-0.4, -0.2) is 10.1 Å². The first kappa shape index (κ1) is 16.2. The van der Waals surface area contributed by atoms with E-state index in [-0.39, 0.29) is 12.1 Å². The Balaban J connectivity index is 1.36. The third-order valence-corrected chi connectivity index (χ3v) is 5.10. The average Bonchev–Trinajstić information content (AvgIpc) is 3.37. The predicted octanol–water partition coefficient (Wildman–Crippen LogP) is 4.48. The molecule has 1 aliphatic rings. The lowest BCUT2D eigenvalue weighted by molar-refractivity contribution is 0.340. The molecule has 0 saturated carbocycles. The molecule has 5 rings (SSSR count). The summed E-state index contributed by atoms with van der Waals surface area (Å²) in [6.45, 7) is 2.06. The Hall–Kier alpha value is -3.02. The third kappa shape index (κ3) is 3.12. The van der Waals surface area contributed by atoms with E-state index in [4.69, 9.17) is 4.52 Å². The highest BCUT2D eigenvalue weighted by Gasteiger charge is 2.30. The maximum Gasteiger partial charge on any atom is 0.245 e. The minimum atomic E-state index is -0.00692. The second kappa shape index (κ2) is 6.61. The molecule has 134 valence electrons. The molecule has 1 fully saturated rings. The molecule has 0 spiro atoms. The van der Waals surface area contributed by atoms with E-state index in [0.29, 0.717) is 11.7 Å². The summed E-state index contributed by atoms with van der Waals surface area (Å²) in [4.78, 5) is 4.60. The van der Waals surface area contributed by atoms with Crippen LogP contribution in [0.1, 0.15) is 35.5 Å². The van der Waals surface area contributed by atoms with Gasteiger partial charge in [0.25, 0.3) is 0 Å². The van der Waals surface area contributed by atoms with Crippen LogP contribution in [0, 0.1) is 6.92 Å². The molecule has 0 amide bonds. The number of hydrogen-bond acceptors (Lipinski definition) is 5. The second-order valence-electron chi connectivity index (χ2n) is 7.06. The van der Waals surface area contributed by atoms with Crippen LogP contribution < -0.4 is 10.9 Å². The summed E-state index contributed by atoms with van der Waals surface area (Å²) in [5, 5.41) is 6.66. The summed E-state index contributed by atoms with van der Waals surface area (Å²) in [7, 11) is 0. The fraction of sp³-hybridized carbons (Fsp3) is 0.182. The topological polar surface area (TPSA) is 63.0 Å². The summed E-state index contributed by atoms with van der Waals surface area (Å²) >= 11 is 0. The predicted molar refractivity (Wildman–Crippen MR) is 105 cm³/mol. The van der Waals surface area contributed by atoms with Crippen molar-refractivity contribution in [3.63, 3.8) is 0 Å². The molecule has 2 unspecified atom stereocenters. The van der Waals surface area contributed by atoms with Gasteiger partial charge >= 0.3 is 0 Å². The van der Waals surface area contributed by atoms with Crippen molar-refractivity contribution in [2.75, 3.05) is 0 Å². The van der Waals surface area contributed by atoms with Crippen LogP contribution in [0.25, 0.3) is 22.2 Å². The van der Waals surface area contributed by atoms with E-state index in [1.165, 1.54) is 21.9 Å². The van der Waals surface area contributed by atoms with Crippen LogP contribution in [0.4, 0.5) is 0 Å². The van der Waals surface area contributed by atoms with E-state index in [9.17, 15) is 0 Å². The molecule has 1 saturated heterocycles. The van der Waals surface area contributed by atoms with Crippen LogP contribution in [0.3, 0.4) is 0 Å². The first-order chi connectivity index (χ1) is 13.3. The highest BCUT2D eigenvalue weighted by molar-refractivity contribution is 5.83. The van der Waals surface area contributed by atoms with Crippen molar-refractivity contribution in [3.8, 4) is 11.4 Å². The number of hydrazine groups is 1. The van der Waals surface area contributed by atoms with Crippen molar-refractivity contribution < 1.29 is 4.52 Å². The Bertz CT molecular complexity index is 1100. The molecule has 2 atom stereocenters. The molecule has 0 bridgehead atoms. The molecule has 4 aromatic rings. The molecule has 2 N–H and O–H groups in total. The number of nitrogens with one attached hydrogen (secondary N) is 2. The van der Waals surface area contributed by atoms with Crippen molar-refractivity contribution in [1.82, 2.24) is 21.0 Å². The van der Waals surface area contributed by atoms with E-state index >= 15 is 0 Å². The maximum absolute atomic E-state index is 5.53. The Morgan fingerprint density at radius 3 is 2.63 bits per heavy atom. The number of fused-ring (bicyclic) bond motifs is 1. The van der Waals surface area contributed by atoms with Crippen molar-refractivity contribution in [2.24, 2.45) is 0 Å². The second-order valence-corrected chi connectivity index (χ2v) is 7.06. The van der Waals surface area contributed by atoms with Crippen LogP contribution in [-0.2, 0) is 0 Å². The zero-order valence-corrected chi connectivity index (χ0v) is 15.0. The fourth-order valence-corrected chi connectivity index (χ4v) is 3.64. The number of hydrogen-bond donors (Lipinski definition) is 2. The Labute approximate surface area is 157 Å². The molecular weight excluding hydrogens is 336 g/mol. The molecule has 27 heavy (non-hydrogen) atoms. The average molecular weight is 356 g/mol. The largest absolute Gasteiger partial charge is 0.337 e. The van der Waals surface area contributed by atoms with Crippen LogP contribution in [0.2, 0.25) is 0 Å². The molecule has 1 aliphatic heterocycles. The normalized spacial score (nSPS) is 19.6. The first-order valence-electron chi connectivity index (χ1n) is 9.17. The van der Waals surface area contributed by atoms with Gasteiger partial charge in [-0.05, 0) is 41.8 Å². The van der Waals surface area contributed by atoms with Crippen LogP contribution in [0.5, 0.6) is 0 Å². The molecular formula is C22H20N4O. The minimum absolute atomic E-state index is 0.00692. The van der Waals surface area contributed by atoms with Gasteiger partial charge in [-0.1, -0.05) is 65.3 Å². The number of aromatic nitrogens is 2. The fourth-order valence-electron chi connectivity index (χ4n) is 3.64. The van der Waals surface area contributed by atoms with Gasteiger partial charge in [0.2, 0.25) is 11.7 Å². The van der Waals surface area contributed by atoms with Gasteiger partial charge in [0, 0.05) is 11.6 Å². The van der Waals surface area contributed by atoms with Crippen molar-refractivity contribution in [3.05, 3.63) is 83.7 Å². The monoisotopic (exact) mass is 356 g/mol. The van der Waals surface area contributed by atoms with Crippen molar-refractivity contribution in [2.45, 2.75) is 25.4 Å². The number of rotatable bonds is 3. The maximum atomic E-state index is 5.53. The number of benzene rings is 3. The van der Waals surface area contributed by atoms with Gasteiger partial charge in [-0.25, -0.2) is 10.9 Å². The molecule has 2 heterocycles. The van der Waals surface area contributed by atoms with Gasteiger partial charge in [0.05, 0.1) is 0 Å². The lowest BCUT2D eigenvalue weighted by Crippen LogP contribution is -2.26. The highest BCUT2D eigenvalue weighted by Crippen LogP contribution is 2.32. The van der Waals surface area contributed by atoms with E-state index in [0.717, 1.165) is 12.0 Å². The number of nitrogens with zero attached hydrogens (tertiary/aromatic N) is 2. The molecule has 3 aromatic carbocycles. The lowest BCUT2D eigenvalue weighted by atomic mass is 9.99. The summed E-state index contributed by atoms with van der Waals surface area (Å²) in [5.74, 6) is 1.24. The van der Waals surface area contributed by atoms with Gasteiger partial charge < -0.3 is 4.52 Å². The summed E-state index contributed by atoms with van der Waals surface area (Å²) in [5.41, 5.74) is 10.1. The Morgan fingerprint density at radius 2 is 1.74 bits per heavy atom.